The number of aryl methyl sites for hydroxylation is 1. The van der Waals surface area contributed by atoms with Gasteiger partial charge in [0.15, 0.2) is 0 Å². The van der Waals surface area contributed by atoms with Crippen LogP contribution in [0.1, 0.15) is 28.4 Å². The van der Waals surface area contributed by atoms with Crippen LogP contribution in [0.2, 0.25) is 0 Å². The highest BCUT2D eigenvalue weighted by atomic mass is 16.6. The van der Waals surface area contributed by atoms with Crippen molar-refractivity contribution in [1.29, 1.82) is 0 Å². The first-order valence-electron chi connectivity index (χ1n) is 7.86. The third-order valence-corrected chi connectivity index (χ3v) is 4.13. The molecule has 1 unspecified atom stereocenters. The molecule has 2 amide bonds. The standard InChI is InChI=1S/C19H17NO5/c1-3-25-18(23)19(24)15-7-5-4-6-14(15)16(21)20(17(19)22)13-10-8-12(2)9-11-13/h4-11,24H,3H2,1-2H3. The number of rotatable bonds is 3. The maximum absolute atomic E-state index is 13.0. The Hall–Kier alpha value is -2.99. The lowest BCUT2D eigenvalue weighted by atomic mass is 9.84. The Balaban J connectivity index is 2.21. The first kappa shape index (κ1) is 16.9. The summed E-state index contributed by atoms with van der Waals surface area (Å²) in [6, 6.07) is 12.6. The maximum atomic E-state index is 13.0. The molecule has 0 fully saturated rings. The van der Waals surface area contributed by atoms with Gasteiger partial charge in [-0.1, -0.05) is 35.9 Å². The summed E-state index contributed by atoms with van der Waals surface area (Å²) < 4.78 is 4.90. The average Bonchev–Trinajstić information content (AvgIpc) is 2.62. The number of hydrogen-bond acceptors (Lipinski definition) is 5. The highest BCUT2D eigenvalue weighted by molar-refractivity contribution is 6.31. The molecular weight excluding hydrogens is 322 g/mol. The molecule has 0 saturated heterocycles. The summed E-state index contributed by atoms with van der Waals surface area (Å²) in [5, 5.41) is 11.0. The molecule has 1 aliphatic rings. The van der Waals surface area contributed by atoms with E-state index in [0.717, 1.165) is 10.5 Å². The second-order valence-electron chi connectivity index (χ2n) is 5.76. The molecule has 1 N–H and O–H groups in total. The Bertz CT molecular complexity index is 858. The van der Waals surface area contributed by atoms with Gasteiger partial charge in [0.2, 0.25) is 0 Å². The van der Waals surface area contributed by atoms with Gasteiger partial charge in [-0.15, -0.1) is 0 Å². The van der Waals surface area contributed by atoms with Gasteiger partial charge in [-0.05, 0) is 32.0 Å². The van der Waals surface area contributed by atoms with Gasteiger partial charge >= 0.3 is 5.97 Å². The van der Waals surface area contributed by atoms with Crippen LogP contribution in [0.15, 0.2) is 48.5 Å². The molecule has 0 spiro atoms. The Morgan fingerprint density at radius 2 is 1.76 bits per heavy atom. The molecule has 128 valence electrons. The van der Waals surface area contributed by atoms with Crippen LogP contribution < -0.4 is 4.90 Å². The summed E-state index contributed by atoms with van der Waals surface area (Å²) in [4.78, 5) is 39.0. The number of carbonyl (C=O) groups is 3. The molecule has 2 aromatic rings. The molecule has 25 heavy (non-hydrogen) atoms. The topological polar surface area (TPSA) is 83.9 Å². The molecular formula is C19H17NO5. The average molecular weight is 339 g/mol. The first-order valence-corrected chi connectivity index (χ1v) is 7.86. The zero-order valence-electron chi connectivity index (χ0n) is 13.9. The van der Waals surface area contributed by atoms with Gasteiger partial charge < -0.3 is 9.84 Å². The number of ether oxygens (including phenoxy) is 1. The molecule has 0 bridgehead atoms. The van der Waals surface area contributed by atoms with E-state index < -0.39 is 23.4 Å². The van der Waals surface area contributed by atoms with Crippen molar-refractivity contribution < 1.29 is 24.2 Å². The van der Waals surface area contributed by atoms with Crippen LogP contribution in [-0.4, -0.2) is 29.5 Å². The van der Waals surface area contributed by atoms with Crippen molar-refractivity contribution in [2.45, 2.75) is 19.4 Å². The highest BCUT2D eigenvalue weighted by Gasteiger charge is 2.56. The third kappa shape index (κ3) is 2.51. The normalized spacial score (nSPS) is 19.6. The first-order chi connectivity index (χ1) is 11.9. The number of nitrogens with zero attached hydrogens (tertiary/aromatic N) is 1. The molecule has 6 nitrogen and oxygen atoms in total. The highest BCUT2D eigenvalue weighted by Crippen LogP contribution is 2.36. The number of aliphatic hydroxyl groups is 1. The van der Waals surface area contributed by atoms with Gasteiger partial charge in [-0.3, -0.25) is 9.59 Å². The lowest BCUT2D eigenvalue weighted by molar-refractivity contribution is -0.171. The summed E-state index contributed by atoms with van der Waals surface area (Å²) in [6.45, 7) is 3.44. The molecule has 6 heteroatoms. The van der Waals surface area contributed by atoms with Crippen LogP contribution in [0.5, 0.6) is 0 Å². The minimum Gasteiger partial charge on any atom is -0.463 e. The predicted molar refractivity (Wildman–Crippen MR) is 90.0 cm³/mol. The summed E-state index contributed by atoms with van der Waals surface area (Å²) in [6.07, 6.45) is 0. The molecule has 1 heterocycles. The SMILES string of the molecule is CCOC(=O)C1(O)C(=O)N(c2ccc(C)cc2)C(=O)c2ccccc21. The monoisotopic (exact) mass is 339 g/mol. The quantitative estimate of drug-likeness (QED) is 0.525. The lowest BCUT2D eigenvalue weighted by Crippen LogP contribution is -2.59. The van der Waals surface area contributed by atoms with Crippen molar-refractivity contribution in [3.8, 4) is 0 Å². The van der Waals surface area contributed by atoms with E-state index in [2.05, 4.69) is 0 Å². The largest absolute Gasteiger partial charge is 0.463 e. The van der Waals surface area contributed by atoms with Gasteiger partial charge in [0.1, 0.15) is 0 Å². The molecule has 1 aliphatic heterocycles. The van der Waals surface area contributed by atoms with Gasteiger partial charge in [0.05, 0.1) is 12.3 Å². The number of imide groups is 1. The number of esters is 1. The number of benzene rings is 2. The fourth-order valence-corrected chi connectivity index (χ4v) is 2.84. The number of anilines is 1. The molecule has 3 rings (SSSR count). The smallest absolute Gasteiger partial charge is 0.353 e. The van der Waals surface area contributed by atoms with E-state index in [0.29, 0.717) is 0 Å². The van der Waals surface area contributed by atoms with Gasteiger partial charge in [-0.2, -0.15) is 0 Å². The Labute approximate surface area is 144 Å². The van der Waals surface area contributed by atoms with Crippen LogP contribution in [0, 0.1) is 6.92 Å². The van der Waals surface area contributed by atoms with Gasteiger partial charge in [-0.25, -0.2) is 9.69 Å². The number of amides is 2. The summed E-state index contributed by atoms with van der Waals surface area (Å²) >= 11 is 0. The number of fused-ring (bicyclic) bond motifs is 1. The minimum absolute atomic E-state index is 0.00489. The fraction of sp³-hybridized carbons (Fsp3) is 0.211. The molecule has 0 radical (unpaired) electrons. The third-order valence-electron chi connectivity index (χ3n) is 4.13. The zero-order valence-corrected chi connectivity index (χ0v) is 13.9. The van der Waals surface area contributed by atoms with Crippen molar-refractivity contribution in [1.82, 2.24) is 0 Å². The molecule has 1 atom stereocenters. The Morgan fingerprint density at radius 3 is 2.40 bits per heavy atom. The van der Waals surface area contributed by atoms with Crippen LogP contribution in [0.3, 0.4) is 0 Å². The summed E-state index contributed by atoms with van der Waals surface area (Å²) in [5.74, 6) is -2.74. The van der Waals surface area contributed by atoms with Crippen LogP contribution in [0.25, 0.3) is 0 Å². The molecule has 2 aromatic carbocycles. The van der Waals surface area contributed by atoms with E-state index in [1.807, 2.05) is 6.92 Å². The fourth-order valence-electron chi connectivity index (χ4n) is 2.84. The second kappa shape index (κ2) is 6.14. The van der Waals surface area contributed by atoms with E-state index >= 15 is 0 Å². The minimum atomic E-state index is -2.56. The predicted octanol–water partition coefficient (Wildman–Crippen LogP) is 1.93. The van der Waals surface area contributed by atoms with Gasteiger partial charge in [0.25, 0.3) is 17.4 Å². The van der Waals surface area contributed by atoms with Crippen LogP contribution in [0.4, 0.5) is 5.69 Å². The van der Waals surface area contributed by atoms with Crippen LogP contribution in [-0.2, 0) is 19.9 Å². The van der Waals surface area contributed by atoms with Gasteiger partial charge in [0, 0.05) is 11.1 Å². The Kier molecular flexibility index (Phi) is 4.14. The van der Waals surface area contributed by atoms with E-state index in [4.69, 9.17) is 4.74 Å². The van der Waals surface area contributed by atoms with Crippen molar-refractivity contribution in [2.24, 2.45) is 0 Å². The van der Waals surface area contributed by atoms with E-state index in [9.17, 15) is 19.5 Å². The van der Waals surface area contributed by atoms with Crippen molar-refractivity contribution in [3.05, 3.63) is 65.2 Å². The molecule has 0 aromatic heterocycles. The molecule has 0 saturated carbocycles. The van der Waals surface area contributed by atoms with E-state index in [1.54, 1.807) is 43.3 Å². The second-order valence-corrected chi connectivity index (χ2v) is 5.76. The summed E-state index contributed by atoms with van der Waals surface area (Å²) in [5.41, 5.74) is -1.32. The van der Waals surface area contributed by atoms with E-state index in [1.165, 1.54) is 12.1 Å². The summed E-state index contributed by atoms with van der Waals surface area (Å²) in [7, 11) is 0. The molecule has 0 aliphatic carbocycles. The zero-order chi connectivity index (χ0) is 18.2. The van der Waals surface area contributed by atoms with Crippen molar-refractivity contribution >= 4 is 23.5 Å². The van der Waals surface area contributed by atoms with E-state index in [-0.39, 0.29) is 23.4 Å². The number of carbonyl (C=O) groups excluding carboxylic acids is 3. The Morgan fingerprint density at radius 1 is 1.12 bits per heavy atom. The number of hydrogen-bond donors (Lipinski definition) is 1. The van der Waals surface area contributed by atoms with Crippen LogP contribution >= 0.6 is 0 Å². The lowest BCUT2D eigenvalue weighted by Gasteiger charge is -2.36. The van der Waals surface area contributed by atoms with Crippen molar-refractivity contribution in [2.75, 3.05) is 11.5 Å². The maximum Gasteiger partial charge on any atom is 0.353 e. The van der Waals surface area contributed by atoms with Crippen molar-refractivity contribution in [3.63, 3.8) is 0 Å².